The summed E-state index contributed by atoms with van der Waals surface area (Å²) >= 11 is 0. The molecule has 3 atom stereocenters. The maximum absolute atomic E-state index is 13.6. The third-order valence-corrected chi connectivity index (χ3v) is 8.40. The second kappa shape index (κ2) is 12.8. The van der Waals surface area contributed by atoms with E-state index in [1.807, 2.05) is 20.8 Å². The smallest absolute Gasteiger partial charge is 0.259 e. The molecule has 2 aliphatic rings. The monoisotopic (exact) mass is 501 g/mol. The van der Waals surface area contributed by atoms with Gasteiger partial charge >= 0.3 is 0 Å². The first-order valence-corrected chi connectivity index (χ1v) is 14.3. The minimum Gasteiger partial charge on any atom is -0.330 e. The molecule has 2 fully saturated rings. The van der Waals surface area contributed by atoms with Gasteiger partial charge in [0.05, 0.1) is 18.2 Å². The minimum absolute atomic E-state index is 0.131. The molecule has 4 N–H and O–H groups in total. The number of nitrogens with zero attached hydrogens (tertiary/aromatic N) is 3. The molecule has 11 heteroatoms. The van der Waals surface area contributed by atoms with Crippen molar-refractivity contribution in [2.75, 3.05) is 31.9 Å². The largest absolute Gasteiger partial charge is 0.330 e. The number of hydrogen-bond donors (Lipinski definition) is 2. The number of carbonyl (C=O) groups excluding carboxylic acids is 3. The van der Waals surface area contributed by atoms with E-state index in [-0.39, 0.29) is 49.4 Å². The van der Waals surface area contributed by atoms with Crippen LogP contribution in [0.5, 0.6) is 0 Å². The maximum atomic E-state index is 13.6. The first-order valence-electron chi connectivity index (χ1n) is 12.6. The quantitative estimate of drug-likeness (QED) is 0.356. The average molecular weight is 502 g/mol. The summed E-state index contributed by atoms with van der Waals surface area (Å²) in [6.07, 6.45) is 3.28. The van der Waals surface area contributed by atoms with Crippen molar-refractivity contribution in [2.24, 2.45) is 23.3 Å². The first kappa shape index (κ1) is 28.5. The Kier molecular flexibility index (Phi) is 10.8. The second-order valence-electron chi connectivity index (χ2n) is 9.83. The lowest BCUT2D eigenvalue weighted by atomic mass is 9.89. The molecule has 2 aliphatic heterocycles. The van der Waals surface area contributed by atoms with Crippen molar-refractivity contribution in [3.63, 3.8) is 0 Å². The van der Waals surface area contributed by atoms with Crippen LogP contribution >= 0.6 is 0 Å². The Hall–Kier alpha value is -1.72. The molecule has 34 heavy (non-hydrogen) atoms. The number of nitrogens with two attached hydrogens (primary N) is 2. The van der Waals surface area contributed by atoms with Gasteiger partial charge in [0.2, 0.25) is 21.8 Å². The van der Waals surface area contributed by atoms with E-state index in [2.05, 4.69) is 0 Å². The number of fused-ring (bicyclic) bond motifs is 1. The fraction of sp³-hybridized carbons (Fsp3) is 0.870. The van der Waals surface area contributed by atoms with Gasteiger partial charge in [-0.2, -0.15) is 0 Å². The highest BCUT2D eigenvalue weighted by Crippen LogP contribution is 2.33. The Morgan fingerprint density at radius 3 is 2.29 bits per heavy atom. The van der Waals surface area contributed by atoms with Gasteiger partial charge in [-0.15, -0.1) is 0 Å². The molecule has 0 aromatic rings. The number of rotatable bonds is 13. The van der Waals surface area contributed by atoms with Crippen LogP contribution in [0.25, 0.3) is 0 Å². The molecule has 0 aromatic heterocycles. The number of amides is 3. The molecule has 0 saturated carbocycles. The van der Waals surface area contributed by atoms with Gasteiger partial charge in [-0.1, -0.05) is 33.6 Å². The molecule has 10 nitrogen and oxygen atoms in total. The summed E-state index contributed by atoms with van der Waals surface area (Å²) in [5.74, 6) is -1.27. The van der Waals surface area contributed by atoms with Gasteiger partial charge in [0.1, 0.15) is 12.2 Å². The SMILES string of the molecule is CCCCCS(=O)(=O)N1CC2N(C(=O)CCCN)CC(CC(C)C)C(=O)N2C(CCCN)C1=O. The molecule has 2 rings (SSSR count). The van der Waals surface area contributed by atoms with Gasteiger partial charge in [-0.05, 0) is 51.1 Å². The van der Waals surface area contributed by atoms with Crippen molar-refractivity contribution in [2.45, 2.75) is 84.3 Å². The Morgan fingerprint density at radius 1 is 1.03 bits per heavy atom. The predicted molar refractivity (Wildman–Crippen MR) is 131 cm³/mol. The average Bonchev–Trinajstić information content (AvgIpc) is 2.78. The van der Waals surface area contributed by atoms with E-state index in [4.69, 9.17) is 11.5 Å². The Labute approximate surface area is 204 Å². The second-order valence-corrected chi connectivity index (χ2v) is 11.8. The van der Waals surface area contributed by atoms with E-state index < -0.39 is 34.1 Å². The van der Waals surface area contributed by atoms with Gasteiger partial charge in [0.15, 0.2) is 0 Å². The molecule has 2 heterocycles. The van der Waals surface area contributed by atoms with Crippen LogP contribution in [0.15, 0.2) is 0 Å². The van der Waals surface area contributed by atoms with E-state index in [9.17, 15) is 22.8 Å². The third-order valence-electron chi connectivity index (χ3n) is 6.59. The van der Waals surface area contributed by atoms with E-state index in [0.29, 0.717) is 38.8 Å². The van der Waals surface area contributed by atoms with Crippen LogP contribution < -0.4 is 11.5 Å². The topological polar surface area (TPSA) is 147 Å². The van der Waals surface area contributed by atoms with Crippen molar-refractivity contribution in [3.8, 4) is 0 Å². The van der Waals surface area contributed by atoms with Crippen molar-refractivity contribution in [1.29, 1.82) is 0 Å². The van der Waals surface area contributed by atoms with Gasteiger partial charge in [0, 0.05) is 13.0 Å². The zero-order chi connectivity index (χ0) is 25.5. The molecule has 3 amide bonds. The lowest BCUT2D eigenvalue weighted by Gasteiger charge is -2.54. The third kappa shape index (κ3) is 6.69. The highest BCUT2D eigenvalue weighted by molar-refractivity contribution is 7.89. The van der Waals surface area contributed by atoms with Crippen LogP contribution in [0.1, 0.15) is 72.1 Å². The zero-order valence-electron chi connectivity index (χ0n) is 20.9. The molecule has 196 valence electrons. The van der Waals surface area contributed by atoms with E-state index in [1.54, 1.807) is 4.90 Å². The molecule has 0 aromatic carbocycles. The van der Waals surface area contributed by atoms with Crippen LogP contribution in [0.3, 0.4) is 0 Å². The fourth-order valence-corrected chi connectivity index (χ4v) is 6.44. The Balaban J connectivity index is 2.47. The summed E-state index contributed by atoms with van der Waals surface area (Å²) in [5.41, 5.74) is 11.3. The molecule has 3 unspecified atom stereocenters. The summed E-state index contributed by atoms with van der Waals surface area (Å²) in [6.45, 7) is 6.68. The normalized spacial score (nSPS) is 23.6. The molecular formula is C23H43N5O5S. The highest BCUT2D eigenvalue weighted by Gasteiger charge is 2.53. The van der Waals surface area contributed by atoms with Gasteiger partial charge in [0.25, 0.3) is 5.91 Å². The van der Waals surface area contributed by atoms with Crippen LogP contribution in [0.4, 0.5) is 0 Å². The predicted octanol–water partition coefficient (Wildman–Crippen LogP) is 0.854. The molecule has 0 radical (unpaired) electrons. The number of carbonyl (C=O) groups is 3. The molecule has 2 saturated heterocycles. The summed E-state index contributed by atoms with van der Waals surface area (Å²) in [6, 6.07) is -0.949. The Bertz CT molecular complexity index is 819. The summed E-state index contributed by atoms with van der Waals surface area (Å²) < 4.78 is 27.2. The van der Waals surface area contributed by atoms with Gasteiger partial charge < -0.3 is 21.3 Å². The Morgan fingerprint density at radius 2 is 1.71 bits per heavy atom. The molecule has 0 spiro atoms. The number of hydrogen-bond acceptors (Lipinski definition) is 7. The summed E-state index contributed by atoms with van der Waals surface area (Å²) in [4.78, 5) is 43.3. The fourth-order valence-electron chi connectivity index (χ4n) is 4.89. The standard InChI is InChI=1S/C23H43N5O5S/c1-4-5-6-13-34(32,33)27-16-20-26(21(29)10-8-12-25)15-18(14-17(2)3)22(30)28(20)19(23(27)31)9-7-11-24/h17-20H,4-16,24-25H2,1-3H3. The van der Waals surface area contributed by atoms with Gasteiger partial charge in [-0.25, -0.2) is 12.7 Å². The summed E-state index contributed by atoms with van der Waals surface area (Å²) in [5, 5.41) is 0. The number of piperazine rings is 1. The number of sulfonamides is 1. The van der Waals surface area contributed by atoms with Gasteiger partial charge in [-0.3, -0.25) is 14.4 Å². The molecule has 0 bridgehead atoms. The van der Waals surface area contributed by atoms with E-state index >= 15 is 0 Å². The van der Waals surface area contributed by atoms with E-state index in [0.717, 1.165) is 17.1 Å². The maximum Gasteiger partial charge on any atom is 0.259 e. The first-order chi connectivity index (χ1) is 16.1. The van der Waals surface area contributed by atoms with Crippen LogP contribution in [-0.4, -0.2) is 84.4 Å². The van der Waals surface area contributed by atoms with Crippen molar-refractivity contribution in [1.82, 2.24) is 14.1 Å². The lowest BCUT2D eigenvalue weighted by molar-refractivity contribution is -0.176. The minimum atomic E-state index is -3.87. The van der Waals surface area contributed by atoms with Crippen LogP contribution in [0.2, 0.25) is 0 Å². The van der Waals surface area contributed by atoms with Crippen LogP contribution in [-0.2, 0) is 24.4 Å². The van der Waals surface area contributed by atoms with E-state index in [1.165, 1.54) is 4.90 Å². The summed E-state index contributed by atoms with van der Waals surface area (Å²) in [7, 11) is -3.87. The van der Waals surface area contributed by atoms with Crippen molar-refractivity contribution >= 4 is 27.7 Å². The molecule has 0 aliphatic carbocycles. The molecular weight excluding hydrogens is 458 g/mol. The highest BCUT2D eigenvalue weighted by atomic mass is 32.2. The van der Waals surface area contributed by atoms with Crippen molar-refractivity contribution < 1.29 is 22.8 Å². The van der Waals surface area contributed by atoms with Crippen LogP contribution in [0, 0.1) is 11.8 Å². The number of unbranched alkanes of at least 4 members (excludes halogenated alkanes) is 2. The lowest BCUT2D eigenvalue weighted by Crippen LogP contribution is -2.73. The van der Waals surface area contributed by atoms with Crippen molar-refractivity contribution in [3.05, 3.63) is 0 Å². The zero-order valence-corrected chi connectivity index (χ0v) is 21.8.